The highest BCUT2D eigenvalue weighted by Crippen LogP contribution is 2.30. The lowest BCUT2D eigenvalue weighted by atomic mass is 10.2. The molecule has 2 N–H and O–H groups in total. The molecular formula is C16H14N2O2S. The molecule has 0 bridgehead atoms. The van der Waals surface area contributed by atoms with E-state index in [1.165, 1.54) is 0 Å². The van der Waals surface area contributed by atoms with Crippen molar-refractivity contribution in [1.82, 2.24) is 4.98 Å². The fourth-order valence-electron chi connectivity index (χ4n) is 1.93. The van der Waals surface area contributed by atoms with Crippen molar-refractivity contribution in [2.24, 2.45) is 5.73 Å². The van der Waals surface area contributed by atoms with E-state index < -0.39 is 12.0 Å². The van der Waals surface area contributed by atoms with Gasteiger partial charge in [0, 0.05) is 5.56 Å². The third kappa shape index (κ3) is 2.87. The second-order valence-corrected chi connectivity index (χ2v) is 5.70. The molecule has 5 heteroatoms. The van der Waals surface area contributed by atoms with Gasteiger partial charge >= 0.3 is 0 Å². The van der Waals surface area contributed by atoms with Gasteiger partial charge in [0.05, 0.1) is 10.2 Å². The van der Waals surface area contributed by atoms with Crippen molar-refractivity contribution < 1.29 is 9.53 Å². The number of nitrogens with zero attached hydrogens (tertiary/aromatic N) is 1. The number of fused-ring (bicyclic) bond motifs is 1. The predicted octanol–water partition coefficient (Wildman–Crippen LogP) is 3.22. The number of ether oxygens (including phenoxy) is 1. The molecule has 3 aromatic rings. The molecule has 21 heavy (non-hydrogen) atoms. The Balaban J connectivity index is 1.85. The minimum Gasteiger partial charge on any atom is -0.481 e. The Bertz CT molecular complexity index is 747. The van der Waals surface area contributed by atoms with Gasteiger partial charge in [0.2, 0.25) is 0 Å². The third-order valence-electron chi connectivity index (χ3n) is 3.11. The van der Waals surface area contributed by atoms with Gasteiger partial charge in [-0.3, -0.25) is 4.79 Å². The fraction of sp³-hybridized carbons (Fsp3) is 0.125. The van der Waals surface area contributed by atoms with Crippen LogP contribution < -0.4 is 10.5 Å². The molecular weight excluding hydrogens is 284 g/mol. The van der Waals surface area contributed by atoms with Crippen LogP contribution in [0.3, 0.4) is 0 Å². The lowest BCUT2D eigenvalue weighted by Gasteiger charge is -2.11. The first-order chi connectivity index (χ1) is 10.1. The van der Waals surface area contributed by atoms with Gasteiger partial charge < -0.3 is 10.5 Å². The van der Waals surface area contributed by atoms with Crippen molar-refractivity contribution in [2.75, 3.05) is 0 Å². The Hall–Kier alpha value is -2.40. The number of hydrogen-bond donors (Lipinski definition) is 1. The summed E-state index contributed by atoms with van der Waals surface area (Å²) in [5, 5.41) is 0.964. The van der Waals surface area contributed by atoms with Crippen LogP contribution in [0.15, 0.2) is 48.5 Å². The van der Waals surface area contributed by atoms with Crippen LogP contribution in [-0.4, -0.2) is 17.0 Å². The van der Waals surface area contributed by atoms with Crippen molar-refractivity contribution in [2.45, 2.75) is 13.0 Å². The minimum atomic E-state index is -0.640. The Labute approximate surface area is 126 Å². The van der Waals surface area contributed by atoms with Crippen molar-refractivity contribution in [3.05, 3.63) is 48.5 Å². The Morgan fingerprint density at radius 1 is 1.19 bits per heavy atom. The highest BCUT2D eigenvalue weighted by atomic mass is 32.1. The number of amides is 1. The molecule has 2 aromatic carbocycles. The van der Waals surface area contributed by atoms with Crippen LogP contribution in [-0.2, 0) is 4.79 Å². The molecule has 0 aliphatic carbocycles. The SMILES string of the molecule is C[C@H](Oc1ccc(-c2nc3ccccc3s2)cc1)C(N)=O. The number of para-hydroxylation sites is 1. The van der Waals surface area contributed by atoms with Gasteiger partial charge in [-0.05, 0) is 43.3 Å². The molecule has 1 heterocycles. The number of nitrogens with two attached hydrogens (primary N) is 1. The summed E-state index contributed by atoms with van der Waals surface area (Å²) in [6.45, 7) is 1.63. The summed E-state index contributed by atoms with van der Waals surface area (Å²) >= 11 is 1.65. The van der Waals surface area contributed by atoms with Crippen LogP contribution in [0.1, 0.15) is 6.92 Å². The minimum absolute atomic E-state index is 0.481. The average Bonchev–Trinajstić information content (AvgIpc) is 2.91. The van der Waals surface area contributed by atoms with Crippen molar-refractivity contribution >= 4 is 27.5 Å². The van der Waals surface area contributed by atoms with E-state index in [9.17, 15) is 4.79 Å². The second kappa shape index (κ2) is 5.54. The number of carbonyl (C=O) groups is 1. The number of benzene rings is 2. The zero-order chi connectivity index (χ0) is 14.8. The summed E-state index contributed by atoms with van der Waals surface area (Å²) < 4.78 is 6.60. The molecule has 4 nitrogen and oxygen atoms in total. The maximum atomic E-state index is 11.0. The highest BCUT2D eigenvalue weighted by molar-refractivity contribution is 7.21. The first-order valence-electron chi connectivity index (χ1n) is 6.55. The Kier molecular flexibility index (Phi) is 3.58. The summed E-state index contributed by atoms with van der Waals surface area (Å²) in [4.78, 5) is 15.6. The largest absolute Gasteiger partial charge is 0.481 e. The van der Waals surface area contributed by atoms with Gasteiger partial charge in [0.25, 0.3) is 5.91 Å². The molecule has 1 atom stereocenters. The average molecular weight is 298 g/mol. The van der Waals surface area contributed by atoms with E-state index in [4.69, 9.17) is 10.5 Å². The summed E-state index contributed by atoms with van der Waals surface area (Å²) in [5.74, 6) is 0.136. The maximum Gasteiger partial charge on any atom is 0.258 e. The number of thiazole rings is 1. The van der Waals surface area contributed by atoms with E-state index in [1.54, 1.807) is 18.3 Å². The first kappa shape index (κ1) is 13.6. The molecule has 106 valence electrons. The Morgan fingerprint density at radius 3 is 2.57 bits per heavy atom. The topological polar surface area (TPSA) is 65.2 Å². The Morgan fingerprint density at radius 2 is 1.90 bits per heavy atom. The van der Waals surface area contributed by atoms with Crippen molar-refractivity contribution in [1.29, 1.82) is 0 Å². The summed E-state index contributed by atoms with van der Waals surface area (Å²) in [6.07, 6.45) is -0.640. The van der Waals surface area contributed by atoms with Gasteiger partial charge in [-0.25, -0.2) is 4.98 Å². The number of carbonyl (C=O) groups excluding carboxylic acids is 1. The van der Waals surface area contributed by atoms with E-state index in [0.717, 1.165) is 20.8 Å². The molecule has 3 rings (SSSR count). The van der Waals surface area contributed by atoms with Gasteiger partial charge in [0.1, 0.15) is 10.8 Å². The van der Waals surface area contributed by atoms with Gasteiger partial charge in [0.15, 0.2) is 6.10 Å². The fourth-order valence-corrected chi connectivity index (χ4v) is 2.91. The molecule has 1 aromatic heterocycles. The molecule has 1 amide bonds. The quantitative estimate of drug-likeness (QED) is 0.804. The van der Waals surface area contributed by atoms with Crippen LogP contribution in [0.2, 0.25) is 0 Å². The zero-order valence-electron chi connectivity index (χ0n) is 11.4. The van der Waals surface area contributed by atoms with E-state index in [1.807, 2.05) is 42.5 Å². The standard InChI is InChI=1S/C16H14N2O2S/c1-10(15(17)19)20-12-8-6-11(7-9-12)16-18-13-4-2-3-5-14(13)21-16/h2-10H,1H3,(H2,17,19)/t10-/m0/s1. The molecule has 0 unspecified atom stereocenters. The van der Waals surface area contributed by atoms with Crippen LogP contribution in [0.5, 0.6) is 5.75 Å². The second-order valence-electron chi connectivity index (χ2n) is 4.67. The normalized spacial score (nSPS) is 12.2. The lowest BCUT2D eigenvalue weighted by Crippen LogP contribution is -2.30. The van der Waals surface area contributed by atoms with E-state index >= 15 is 0 Å². The van der Waals surface area contributed by atoms with E-state index in [-0.39, 0.29) is 0 Å². The summed E-state index contributed by atoms with van der Waals surface area (Å²) in [7, 11) is 0. The van der Waals surface area contributed by atoms with Crippen LogP contribution >= 0.6 is 11.3 Å². The first-order valence-corrected chi connectivity index (χ1v) is 7.37. The van der Waals surface area contributed by atoms with E-state index in [2.05, 4.69) is 11.1 Å². The maximum absolute atomic E-state index is 11.0. The lowest BCUT2D eigenvalue weighted by molar-refractivity contribution is -0.123. The monoisotopic (exact) mass is 298 g/mol. The van der Waals surface area contributed by atoms with Crippen LogP contribution in [0.25, 0.3) is 20.8 Å². The molecule has 0 radical (unpaired) electrons. The van der Waals surface area contributed by atoms with Crippen LogP contribution in [0.4, 0.5) is 0 Å². The van der Waals surface area contributed by atoms with Crippen molar-refractivity contribution in [3.63, 3.8) is 0 Å². The predicted molar refractivity (Wildman–Crippen MR) is 84.3 cm³/mol. The molecule has 0 spiro atoms. The van der Waals surface area contributed by atoms with Gasteiger partial charge in [-0.15, -0.1) is 11.3 Å². The molecule has 0 aliphatic rings. The number of rotatable bonds is 4. The number of aromatic nitrogens is 1. The highest BCUT2D eigenvalue weighted by Gasteiger charge is 2.11. The third-order valence-corrected chi connectivity index (χ3v) is 4.19. The molecule has 0 fully saturated rings. The van der Waals surface area contributed by atoms with Crippen LogP contribution in [0, 0.1) is 0 Å². The smallest absolute Gasteiger partial charge is 0.258 e. The molecule has 0 saturated heterocycles. The summed E-state index contributed by atoms with van der Waals surface area (Å²) in [6, 6.07) is 15.5. The molecule has 0 saturated carbocycles. The van der Waals surface area contributed by atoms with Gasteiger partial charge in [-0.1, -0.05) is 12.1 Å². The number of hydrogen-bond acceptors (Lipinski definition) is 4. The number of primary amides is 1. The van der Waals surface area contributed by atoms with E-state index in [0.29, 0.717) is 5.75 Å². The van der Waals surface area contributed by atoms with Gasteiger partial charge in [-0.2, -0.15) is 0 Å². The molecule has 0 aliphatic heterocycles. The summed E-state index contributed by atoms with van der Waals surface area (Å²) in [5.41, 5.74) is 7.20. The van der Waals surface area contributed by atoms with Crippen molar-refractivity contribution in [3.8, 4) is 16.3 Å². The zero-order valence-corrected chi connectivity index (χ0v) is 12.3.